The van der Waals surface area contributed by atoms with Gasteiger partial charge in [0, 0.05) is 25.2 Å². The van der Waals surface area contributed by atoms with Crippen molar-refractivity contribution in [3.8, 4) is 11.4 Å². The van der Waals surface area contributed by atoms with Gasteiger partial charge in [-0.3, -0.25) is 9.36 Å². The number of pyridine rings is 1. The molecule has 31 heavy (non-hydrogen) atoms. The average molecular weight is 419 g/mol. The van der Waals surface area contributed by atoms with Crippen molar-refractivity contribution in [3.63, 3.8) is 0 Å². The van der Waals surface area contributed by atoms with Crippen LogP contribution in [-0.2, 0) is 13.7 Å². The summed E-state index contributed by atoms with van der Waals surface area (Å²) in [5.74, 6) is 1.40. The molecule has 1 N–H and O–H groups in total. The summed E-state index contributed by atoms with van der Waals surface area (Å²) in [6, 6.07) is 15.0. The SMILES string of the molecule is Cn1c(C2CC(O)C2)nc2ccc(-n3ccc(OCc4ccc(F)cc4)cc3=O)cc21. The molecule has 4 aromatic rings. The lowest BCUT2D eigenvalue weighted by molar-refractivity contribution is 0.0709. The number of benzene rings is 2. The van der Waals surface area contributed by atoms with Gasteiger partial charge in [-0.1, -0.05) is 12.1 Å². The first kappa shape index (κ1) is 19.5. The summed E-state index contributed by atoms with van der Waals surface area (Å²) in [6.07, 6.45) is 2.93. The summed E-state index contributed by atoms with van der Waals surface area (Å²) in [7, 11) is 1.97. The van der Waals surface area contributed by atoms with E-state index in [1.807, 2.05) is 29.8 Å². The van der Waals surface area contributed by atoms with Gasteiger partial charge in [0.1, 0.15) is 24.0 Å². The number of fused-ring (bicyclic) bond motifs is 1. The van der Waals surface area contributed by atoms with E-state index in [0.717, 1.165) is 41.0 Å². The van der Waals surface area contributed by atoms with Crippen LogP contribution in [-0.4, -0.2) is 25.3 Å². The van der Waals surface area contributed by atoms with Crippen LogP contribution < -0.4 is 10.3 Å². The molecule has 0 amide bonds. The highest BCUT2D eigenvalue weighted by molar-refractivity contribution is 5.78. The number of rotatable bonds is 5. The number of imidazole rings is 1. The second-order valence-electron chi connectivity index (χ2n) is 8.01. The Bertz CT molecular complexity index is 1300. The van der Waals surface area contributed by atoms with Crippen molar-refractivity contribution >= 4 is 11.0 Å². The highest BCUT2D eigenvalue weighted by atomic mass is 19.1. The van der Waals surface area contributed by atoms with Gasteiger partial charge >= 0.3 is 0 Å². The molecule has 0 radical (unpaired) electrons. The molecule has 2 heterocycles. The monoisotopic (exact) mass is 419 g/mol. The Kier molecular flexibility index (Phi) is 4.82. The zero-order valence-corrected chi connectivity index (χ0v) is 17.0. The maximum atomic E-state index is 13.0. The number of halogens is 1. The summed E-state index contributed by atoms with van der Waals surface area (Å²) < 4.78 is 22.3. The first-order valence-corrected chi connectivity index (χ1v) is 10.2. The molecule has 6 nitrogen and oxygen atoms in total. The molecule has 1 aliphatic carbocycles. The quantitative estimate of drug-likeness (QED) is 0.536. The number of aryl methyl sites for hydroxylation is 1. The maximum absolute atomic E-state index is 13.0. The lowest BCUT2D eigenvalue weighted by Crippen LogP contribution is -2.28. The minimum Gasteiger partial charge on any atom is -0.489 e. The normalized spacial score (nSPS) is 18.2. The van der Waals surface area contributed by atoms with Gasteiger partial charge in [0.25, 0.3) is 5.56 Å². The number of nitrogens with zero attached hydrogens (tertiary/aromatic N) is 3. The molecule has 1 fully saturated rings. The van der Waals surface area contributed by atoms with Crippen LogP contribution in [0.4, 0.5) is 4.39 Å². The Labute approximate surface area is 178 Å². The Balaban J connectivity index is 1.38. The molecular weight excluding hydrogens is 397 g/mol. The fourth-order valence-corrected chi connectivity index (χ4v) is 4.02. The van der Waals surface area contributed by atoms with Crippen LogP contribution in [0.1, 0.15) is 30.1 Å². The first-order valence-electron chi connectivity index (χ1n) is 10.2. The fraction of sp³-hybridized carbons (Fsp3) is 0.250. The van der Waals surface area contributed by atoms with Crippen LogP contribution in [0.2, 0.25) is 0 Å². The second kappa shape index (κ2) is 7.67. The fourth-order valence-electron chi connectivity index (χ4n) is 4.02. The third-order valence-corrected chi connectivity index (χ3v) is 5.87. The highest BCUT2D eigenvalue weighted by Crippen LogP contribution is 2.37. The summed E-state index contributed by atoms with van der Waals surface area (Å²) >= 11 is 0. The molecule has 2 aromatic heterocycles. The average Bonchev–Trinajstić information content (AvgIpc) is 3.06. The summed E-state index contributed by atoms with van der Waals surface area (Å²) in [4.78, 5) is 17.4. The Morgan fingerprint density at radius 1 is 1.13 bits per heavy atom. The maximum Gasteiger partial charge on any atom is 0.258 e. The molecule has 0 aliphatic heterocycles. The predicted octanol–water partition coefficient (Wildman–Crippen LogP) is 3.68. The Hall–Kier alpha value is -3.45. The van der Waals surface area contributed by atoms with Gasteiger partial charge in [-0.05, 0) is 54.8 Å². The minimum absolute atomic E-state index is 0.208. The van der Waals surface area contributed by atoms with Gasteiger partial charge in [-0.2, -0.15) is 0 Å². The number of aromatic nitrogens is 3. The molecule has 0 saturated heterocycles. The van der Waals surface area contributed by atoms with Crippen molar-refractivity contribution in [2.75, 3.05) is 0 Å². The number of aliphatic hydroxyl groups is 1. The smallest absolute Gasteiger partial charge is 0.258 e. The molecule has 0 unspecified atom stereocenters. The predicted molar refractivity (Wildman–Crippen MR) is 115 cm³/mol. The van der Waals surface area contributed by atoms with Gasteiger partial charge in [0.05, 0.1) is 22.8 Å². The van der Waals surface area contributed by atoms with Crippen molar-refractivity contribution < 1.29 is 14.2 Å². The van der Waals surface area contributed by atoms with E-state index in [1.165, 1.54) is 18.2 Å². The standard InChI is InChI=1S/C24H22FN3O3/c1-27-22-12-18(6-7-21(22)26-24(27)16-10-19(29)11-16)28-9-8-20(13-23(28)30)31-14-15-2-4-17(25)5-3-15/h2-9,12-13,16,19,29H,10-11,14H2,1H3. The molecule has 158 valence electrons. The van der Waals surface area contributed by atoms with Crippen LogP contribution in [0.25, 0.3) is 16.7 Å². The van der Waals surface area contributed by atoms with Gasteiger partial charge < -0.3 is 14.4 Å². The zero-order chi connectivity index (χ0) is 21.5. The van der Waals surface area contributed by atoms with Crippen molar-refractivity contribution in [1.29, 1.82) is 0 Å². The lowest BCUT2D eigenvalue weighted by atomic mass is 9.82. The third-order valence-electron chi connectivity index (χ3n) is 5.87. The van der Waals surface area contributed by atoms with Crippen LogP contribution >= 0.6 is 0 Å². The Morgan fingerprint density at radius 3 is 2.61 bits per heavy atom. The molecule has 0 atom stereocenters. The van der Waals surface area contributed by atoms with E-state index in [1.54, 1.807) is 29.0 Å². The van der Waals surface area contributed by atoms with Gasteiger partial charge in [-0.25, -0.2) is 9.37 Å². The van der Waals surface area contributed by atoms with Crippen LogP contribution in [0.5, 0.6) is 5.75 Å². The zero-order valence-electron chi connectivity index (χ0n) is 17.0. The second-order valence-corrected chi connectivity index (χ2v) is 8.01. The van der Waals surface area contributed by atoms with E-state index < -0.39 is 0 Å². The molecule has 0 spiro atoms. The largest absolute Gasteiger partial charge is 0.489 e. The molecule has 1 aliphatic rings. The minimum atomic E-state index is -0.297. The van der Waals surface area contributed by atoms with E-state index in [2.05, 4.69) is 0 Å². The third kappa shape index (κ3) is 3.72. The lowest BCUT2D eigenvalue weighted by Gasteiger charge is -2.30. The number of hydrogen-bond donors (Lipinski definition) is 1. The van der Waals surface area contributed by atoms with E-state index in [9.17, 15) is 14.3 Å². The summed E-state index contributed by atoms with van der Waals surface area (Å²) in [5, 5.41) is 9.60. The van der Waals surface area contributed by atoms with E-state index in [0.29, 0.717) is 5.75 Å². The van der Waals surface area contributed by atoms with Crippen LogP contribution in [0.15, 0.2) is 65.6 Å². The van der Waals surface area contributed by atoms with Crippen LogP contribution in [0.3, 0.4) is 0 Å². The van der Waals surface area contributed by atoms with Gasteiger partial charge in [0.15, 0.2) is 0 Å². The molecule has 2 aromatic carbocycles. The molecule has 7 heteroatoms. The van der Waals surface area contributed by atoms with Crippen molar-refractivity contribution in [2.24, 2.45) is 7.05 Å². The summed E-state index contributed by atoms with van der Waals surface area (Å²) in [5.41, 5.74) is 3.17. The Morgan fingerprint density at radius 2 is 1.90 bits per heavy atom. The molecule has 0 bridgehead atoms. The van der Waals surface area contributed by atoms with Crippen molar-refractivity contribution in [3.05, 3.63) is 88.4 Å². The number of hydrogen-bond acceptors (Lipinski definition) is 4. The van der Waals surface area contributed by atoms with Gasteiger partial charge in [0.2, 0.25) is 0 Å². The molecular formula is C24H22FN3O3. The van der Waals surface area contributed by atoms with E-state index in [-0.39, 0.29) is 30.0 Å². The van der Waals surface area contributed by atoms with E-state index in [4.69, 9.17) is 9.72 Å². The van der Waals surface area contributed by atoms with Gasteiger partial charge in [-0.15, -0.1) is 0 Å². The number of aliphatic hydroxyl groups excluding tert-OH is 1. The van der Waals surface area contributed by atoms with Crippen molar-refractivity contribution in [2.45, 2.75) is 31.5 Å². The summed E-state index contributed by atoms with van der Waals surface area (Å²) in [6.45, 7) is 0.253. The molecule has 1 saturated carbocycles. The van der Waals surface area contributed by atoms with Crippen LogP contribution in [0, 0.1) is 5.82 Å². The number of ether oxygens (including phenoxy) is 1. The molecule has 5 rings (SSSR count). The van der Waals surface area contributed by atoms with E-state index >= 15 is 0 Å². The first-order chi connectivity index (χ1) is 15.0. The van der Waals surface area contributed by atoms with Crippen molar-refractivity contribution in [1.82, 2.24) is 14.1 Å². The topological polar surface area (TPSA) is 69.3 Å². The highest BCUT2D eigenvalue weighted by Gasteiger charge is 2.32.